The van der Waals surface area contributed by atoms with Gasteiger partial charge >= 0.3 is 6.09 Å². The summed E-state index contributed by atoms with van der Waals surface area (Å²) in [5.41, 5.74) is -0.387. The molecule has 288 valence electrons. The molecule has 0 heterocycles. The van der Waals surface area contributed by atoms with E-state index in [9.17, 15) is 4.79 Å². The van der Waals surface area contributed by atoms with E-state index >= 15 is 0 Å². The molecule has 0 aliphatic heterocycles. The van der Waals surface area contributed by atoms with Crippen LogP contribution in [0.3, 0.4) is 0 Å². The van der Waals surface area contributed by atoms with Gasteiger partial charge in [-0.05, 0) is 65.7 Å². The van der Waals surface area contributed by atoms with Gasteiger partial charge in [-0.3, -0.25) is 0 Å². The standard InChI is InChI=1S/C43H87NO4/c1-8-10-12-14-16-18-20-22-24-26-28-30-33-40(34-31-29-27-25-23-21-19-17-15-13-11-9-2)39-47-41(45)44-37-32-35-43(5,6)48-38-36-42(3,4)46-7/h40H,8-39H2,1-7H3,(H,44,45). The van der Waals surface area contributed by atoms with Crippen molar-refractivity contribution in [1.29, 1.82) is 0 Å². The number of amides is 1. The third-order valence-corrected chi connectivity index (χ3v) is 10.4. The summed E-state index contributed by atoms with van der Waals surface area (Å²) in [6, 6.07) is 0. The predicted molar refractivity (Wildman–Crippen MR) is 209 cm³/mol. The smallest absolute Gasteiger partial charge is 0.407 e. The van der Waals surface area contributed by atoms with Crippen molar-refractivity contribution in [2.75, 3.05) is 26.9 Å². The number of carbonyl (C=O) groups excluding carboxylic acids is 1. The average Bonchev–Trinajstić information content (AvgIpc) is 3.06. The third-order valence-electron chi connectivity index (χ3n) is 10.4. The molecule has 0 saturated carbocycles. The van der Waals surface area contributed by atoms with Gasteiger partial charge in [0, 0.05) is 13.7 Å². The fourth-order valence-corrected chi connectivity index (χ4v) is 6.56. The molecule has 1 N–H and O–H groups in total. The van der Waals surface area contributed by atoms with Crippen molar-refractivity contribution in [3.05, 3.63) is 0 Å². The molecule has 0 aliphatic carbocycles. The SMILES string of the molecule is CCCCCCCCCCCCCCC(CCCCCCCCCCCCCC)COC(=O)NCCCC(C)(C)OCCC(C)(C)OC. The Morgan fingerprint density at radius 2 is 0.938 bits per heavy atom. The van der Waals surface area contributed by atoms with Crippen LogP contribution in [0.15, 0.2) is 0 Å². The first-order valence-corrected chi connectivity index (χ1v) is 21.3. The average molecular weight is 682 g/mol. The minimum Gasteiger partial charge on any atom is -0.449 e. The lowest BCUT2D eigenvalue weighted by Crippen LogP contribution is -2.32. The first-order chi connectivity index (χ1) is 23.2. The van der Waals surface area contributed by atoms with Crippen molar-refractivity contribution in [3.8, 4) is 0 Å². The summed E-state index contributed by atoms with van der Waals surface area (Å²) in [7, 11) is 1.75. The largest absolute Gasteiger partial charge is 0.449 e. The van der Waals surface area contributed by atoms with E-state index < -0.39 is 0 Å². The van der Waals surface area contributed by atoms with E-state index in [-0.39, 0.29) is 17.3 Å². The maximum absolute atomic E-state index is 12.6. The van der Waals surface area contributed by atoms with E-state index in [1.807, 2.05) is 0 Å². The van der Waals surface area contributed by atoms with Crippen LogP contribution in [0.2, 0.25) is 0 Å². The zero-order chi connectivity index (χ0) is 35.6. The van der Waals surface area contributed by atoms with Gasteiger partial charge in [0.25, 0.3) is 0 Å². The van der Waals surface area contributed by atoms with Crippen molar-refractivity contribution >= 4 is 6.09 Å². The molecule has 0 aromatic heterocycles. The molecule has 0 bridgehead atoms. The lowest BCUT2D eigenvalue weighted by Gasteiger charge is -2.29. The highest BCUT2D eigenvalue weighted by atomic mass is 16.5. The molecule has 0 aromatic rings. The fourth-order valence-electron chi connectivity index (χ4n) is 6.56. The summed E-state index contributed by atoms with van der Waals surface area (Å²) in [4.78, 5) is 12.6. The lowest BCUT2D eigenvalue weighted by atomic mass is 9.94. The van der Waals surface area contributed by atoms with Crippen molar-refractivity contribution in [2.45, 2.75) is 239 Å². The Morgan fingerprint density at radius 1 is 0.542 bits per heavy atom. The molecule has 0 fully saturated rings. The van der Waals surface area contributed by atoms with Gasteiger partial charge in [-0.25, -0.2) is 4.79 Å². The highest BCUT2D eigenvalue weighted by Gasteiger charge is 2.22. The molecule has 0 aliphatic rings. The van der Waals surface area contributed by atoms with Crippen LogP contribution in [-0.4, -0.2) is 44.2 Å². The van der Waals surface area contributed by atoms with Gasteiger partial charge in [-0.1, -0.05) is 168 Å². The second-order valence-electron chi connectivity index (χ2n) is 16.2. The van der Waals surface area contributed by atoms with Gasteiger partial charge in [0.2, 0.25) is 0 Å². The number of unbranched alkanes of at least 4 members (excludes halogenated alkanes) is 22. The topological polar surface area (TPSA) is 56.8 Å². The minimum atomic E-state index is -0.259. The van der Waals surface area contributed by atoms with Crippen LogP contribution in [0.25, 0.3) is 0 Å². The van der Waals surface area contributed by atoms with Crippen LogP contribution in [0.1, 0.15) is 228 Å². The fraction of sp³-hybridized carbons (Fsp3) is 0.977. The number of rotatable bonds is 37. The number of ether oxygens (including phenoxy) is 3. The Morgan fingerprint density at radius 3 is 1.33 bits per heavy atom. The maximum Gasteiger partial charge on any atom is 0.407 e. The quantitative estimate of drug-likeness (QED) is 0.0663. The lowest BCUT2D eigenvalue weighted by molar-refractivity contribution is -0.0616. The zero-order valence-corrected chi connectivity index (χ0v) is 33.8. The van der Waals surface area contributed by atoms with Crippen LogP contribution in [0.5, 0.6) is 0 Å². The number of methoxy groups -OCH3 is 1. The number of hydrogen-bond donors (Lipinski definition) is 1. The maximum atomic E-state index is 12.6. The van der Waals surface area contributed by atoms with Gasteiger partial charge < -0.3 is 19.5 Å². The van der Waals surface area contributed by atoms with Crippen molar-refractivity contribution in [2.24, 2.45) is 5.92 Å². The molecule has 48 heavy (non-hydrogen) atoms. The molecule has 0 aromatic carbocycles. The highest BCUT2D eigenvalue weighted by molar-refractivity contribution is 5.67. The predicted octanol–water partition coefficient (Wildman–Crippen LogP) is 13.9. The summed E-state index contributed by atoms with van der Waals surface area (Å²) in [6.07, 6.45) is 37.9. The molecule has 0 rings (SSSR count). The second kappa shape index (κ2) is 33.3. The summed E-state index contributed by atoms with van der Waals surface area (Å²) in [5.74, 6) is 0.491. The van der Waals surface area contributed by atoms with Crippen LogP contribution in [0.4, 0.5) is 4.79 Å². The van der Waals surface area contributed by atoms with Gasteiger partial charge in [0.15, 0.2) is 0 Å². The van der Waals surface area contributed by atoms with Crippen LogP contribution >= 0.6 is 0 Å². The molecule has 0 unspecified atom stereocenters. The minimum absolute atomic E-state index is 0.168. The van der Waals surface area contributed by atoms with E-state index in [0.29, 0.717) is 25.7 Å². The second-order valence-corrected chi connectivity index (χ2v) is 16.2. The summed E-state index contributed by atoms with van der Waals surface area (Å²) < 4.78 is 17.4. The van der Waals surface area contributed by atoms with Crippen molar-refractivity contribution in [1.82, 2.24) is 5.32 Å². The van der Waals surface area contributed by atoms with E-state index in [0.717, 1.165) is 19.3 Å². The molecule has 1 amide bonds. The molecule has 0 saturated heterocycles. The van der Waals surface area contributed by atoms with Crippen LogP contribution in [0, 0.1) is 5.92 Å². The van der Waals surface area contributed by atoms with Crippen LogP contribution in [-0.2, 0) is 14.2 Å². The Kier molecular flexibility index (Phi) is 32.8. The highest BCUT2D eigenvalue weighted by Crippen LogP contribution is 2.22. The van der Waals surface area contributed by atoms with Crippen LogP contribution < -0.4 is 5.32 Å². The molecule has 0 atom stereocenters. The summed E-state index contributed by atoms with van der Waals surface area (Å²) >= 11 is 0. The van der Waals surface area contributed by atoms with Gasteiger partial charge in [0.1, 0.15) is 0 Å². The summed E-state index contributed by atoms with van der Waals surface area (Å²) in [6.45, 7) is 14.9. The Labute approximate surface area is 301 Å². The number of carbonyl (C=O) groups is 1. The van der Waals surface area contributed by atoms with E-state index in [1.54, 1.807) is 7.11 Å². The molecule has 0 radical (unpaired) electrons. The molecular formula is C43H87NO4. The van der Waals surface area contributed by atoms with E-state index in [2.05, 4.69) is 46.9 Å². The van der Waals surface area contributed by atoms with Gasteiger partial charge in [-0.15, -0.1) is 0 Å². The molecular weight excluding hydrogens is 594 g/mol. The normalized spacial score (nSPS) is 12.2. The molecule has 5 heteroatoms. The number of alkyl carbamates (subject to hydrolysis) is 1. The monoisotopic (exact) mass is 682 g/mol. The Hall–Kier alpha value is -0.810. The molecule has 5 nitrogen and oxygen atoms in total. The first kappa shape index (κ1) is 47.2. The summed E-state index contributed by atoms with van der Waals surface area (Å²) in [5, 5.41) is 2.99. The third kappa shape index (κ3) is 33.7. The van der Waals surface area contributed by atoms with E-state index in [4.69, 9.17) is 14.2 Å². The zero-order valence-electron chi connectivity index (χ0n) is 33.8. The number of nitrogens with one attached hydrogen (secondary N) is 1. The Bertz CT molecular complexity index is 652. The van der Waals surface area contributed by atoms with Gasteiger partial charge in [0.05, 0.1) is 24.4 Å². The van der Waals surface area contributed by atoms with E-state index in [1.165, 1.54) is 167 Å². The first-order valence-electron chi connectivity index (χ1n) is 21.3. The van der Waals surface area contributed by atoms with Gasteiger partial charge in [-0.2, -0.15) is 0 Å². The van der Waals surface area contributed by atoms with Crippen molar-refractivity contribution < 1.29 is 19.0 Å². The Balaban J connectivity index is 4.28. The molecule has 0 spiro atoms. The number of hydrogen-bond acceptors (Lipinski definition) is 4. The van der Waals surface area contributed by atoms with Crippen molar-refractivity contribution in [3.63, 3.8) is 0 Å².